The first kappa shape index (κ1) is 19.2. The van der Waals surface area contributed by atoms with Crippen LogP contribution in [0.1, 0.15) is 11.4 Å². The Labute approximate surface area is 181 Å². The Hall–Kier alpha value is -3.79. The van der Waals surface area contributed by atoms with E-state index in [1.54, 1.807) is 0 Å². The minimum Gasteiger partial charge on any atom is -0.491 e. The highest BCUT2D eigenvalue weighted by atomic mass is 16.5. The van der Waals surface area contributed by atoms with Crippen LogP contribution < -0.4 is 9.47 Å². The molecule has 1 heterocycles. The van der Waals surface area contributed by atoms with Gasteiger partial charge >= 0.3 is 0 Å². The summed E-state index contributed by atoms with van der Waals surface area (Å²) in [5, 5.41) is 2.37. The maximum Gasteiger partial charge on any atom is 0.148 e. The van der Waals surface area contributed by atoms with E-state index >= 15 is 0 Å². The number of nitrogens with zero attached hydrogens (tertiary/aromatic N) is 2. The first-order valence-electron chi connectivity index (χ1n) is 10.5. The van der Waals surface area contributed by atoms with Crippen LogP contribution in [0, 0.1) is 6.92 Å². The van der Waals surface area contributed by atoms with Crippen LogP contribution in [0.2, 0.25) is 0 Å². The molecule has 4 heteroatoms. The number of para-hydroxylation sites is 3. The SMILES string of the molecule is Cc1ccccc1OCCn1c(COc2ccc3ccccc3c2)nc2ccccc21. The van der Waals surface area contributed by atoms with Gasteiger partial charge in [0, 0.05) is 0 Å². The Bertz CT molecular complexity index is 1340. The standard InChI is InChI=1S/C27H24N2O2/c1-20-8-2-7-13-26(20)30-17-16-29-25-12-6-5-11-24(25)28-27(29)19-31-23-15-14-21-9-3-4-10-22(21)18-23/h2-15,18H,16-17,19H2,1H3. The minimum atomic E-state index is 0.400. The van der Waals surface area contributed by atoms with Crippen LogP contribution in [0.25, 0.3) is 21.8 Å². The molecule has 0 bridgehead atoms. The molecule has 0 amide bonds. The fourth-order valence-corrected chi connectivity index (χ4v) is 3.86. The van der Waals surface area contributed by atoms with E-state index in [1.165, 1.54) is 10.8 Å². The van der Waals surface area contributed by atoms with Gasteiger partial charge in [-0.3, -0.25) is 0 Å². The topological polar surface area (TPSA) is 36.3 Å². The van der Waals surface area contributed by atoms with Crippen molar-refractivity contribution < 1.29 is 9.47 Å². The first-order valence-corrected chi connectivity index (χ1v) is 10.5. The largest absolute Gasteiger partial charge is 0.491 e. The second-order valence-electron chi connectivity index (χ2n) is 7.58. The lowest BCUT2D eigenvalue weighted by molar-refractivity contribution is 0.272. The predicted octanol–water partition coefficient (Wildman–Crippen LogP) is 6.16. The van der Waals surface area contributed by atoms with E-state index in [9.17, 15) is 0 Å². The third kappa shape index (κ3) is 4.10. The summed E-state index contributed by atoms with van der Waals surface area (Å²) in [6.07, 6.45) is 0. The fourth-order valence-electron chi connectivity index (χ4n) is 3.86. The van der Waals surface area contributed by atoms with Crippen molar-refractivity contribution in [3.05, 3.63) is 102 Å². The zero-order valence-corrected chi connectivity index (χ0v) is 17.5. The van der Waals surface area contributed by atoms with Crippen LogP contribution in [-0.4, -0.2) is 16.2 Å². The van der Waals surface area contributed by atoms with Crippen molar-refractivity contribution in [1.82, 2.24) is 9.55 Å². The molecule has 0 aliphatic rings. The molecule has 31 heavy (non-hydrogen) atoms. The highest BCUT2D eigenvalue weighted by Crippen LogP contribution is 2.23. The van der Waals surface area contributed by atoms with Crippen LogP contribution in [0.5, 0.6) is 11.5 Å². The van der Waals surface area contributed by atoms with Crippen LogP contribution in [0.4, 0.5) is 0 Å². The summed E-state index contributed by atoms with van der Waals surface area (Å²) in [7, 11) is 0. The molecule has 0 saturated heterocycles. The number of aryl methyl sites for hydroxylation is 1. The number of hydrogen-bond acceptors (Lipinski definition) is 3. The maximum absolute atomic E-state index is 6.13. The molecule has 4 nitrogen and oxygen atoms in total. The lowest BCUT2D eigenvalue weighted by Gasteiger charge is -2.13. The van der Waals surface area contributed by atoms with Crippen molar-refractivity contribution in [2.45, 2.75) is 20.1 Å². The molecule has 4 aromatic carbocycles. The summed E-state index contributed by atoms with van der Waals surface area (Å²) in [4.78, 5) is 4.82. The monoisotopic (exact) mass is 408 g/mol. The van der Waals surface area contributed by atoms with Crippen molar-refractivity contribution in [2.24, 2.45) is 0 Å². The molecular formula is C27H24N2O2. The van der Waals surface area contributed by atoms with Crippen molar-refractivity contribution >= 4 is 21.8 Å². The zero-order chi connectivity index (χ0) is 21.0. The van der Waals surface area contributed by atoms with Gasteiger partial charge in [-0.15, -0.1) is 0 Å². The molecule has 5 aromatic rings. The van der Waals surface area contributed by atoms with Crippen LogP contribution in [0.3, 0.4) is 0 Å². The number of hydrogen-bond donors (Lipinski definition) is 0. The number of fused-ring (bicyclic) bond motifs is 2. The number of ether oxygens (including phenoxy) is 2. The normalized spacial score (nSPS) is 11.1. The Morgan fingerprint density at radius 2 is 1.55 bits per heavy atom. The Morgan fingerprint density at radius 3 is 2.45 bits per heavy atom. The molecule has 154 valence electrons. The smallest absolute Gasteiger partial charge is 0.148 e. The van der Waals surface area contributed by atoms with Gasteiger partial charge in [0.2, 0.25) is 0 Å². The molecule has 0 N–H and O–H groups in total. The summed E-state index contributed by atoms with van der Waals surface area (Å²) in [6, 6.07) is 30.7. The van der Waals surface area contributed by atoms with Gasteiger partial charge in [0.25, 0.3) is 0 Å². The summed E-state index contributed by atoms with van der Waals surface area (Å²) in [5.74, 6) is 2.65. The highest BCUT2D eigenvalue weighted by Gasteiger charge is 2.12. The van der Waals surface area contributed by atoms with E-state index in [1.807, 2.05) is 54.6 Å². The summed E-state index contributed by atoms with van der Waals surface area (Å²) in [5.41, 5.74) is 3.20. The average molecular weight is 409 g/mol. The van der Waals surface area contributed by atoms with Crippen LogP contribution in [-0.2, 0) is 13.2 Å². The molecule has 0 saturated carbocycles. The minimum absolute atomic E-state index is 0.400. The molecule has 0 aliphatic carbocycles. The van der Waals surface area contributed by atoms with Crippen molar-refractivity contribution in [3.8, 4) is 11.5 Å². The van der Waals surface area contributed by atoms with Gasteiger partial charge in [-0.1, -0.05) is 60.7 Å². The number of aromatic nitrogens is 2. The van der Waals surface area contributed by atoms with E-state index in [2.05, 4.69) is 47.9 Å². The first-order chi connectivity index (χ1) is 15.3. The summed E-state index contributed by atoms with van der Waals surface area (Å²) < 4.78 is 14.4. The van der Waals surface area contributed by atoms with Gasteiger partial charge in [-0.2, -0.15) is 0 Å². The van der Waals surface area contributed by atoms with Gasteiger partial charge in [-0.05, 0) is 53.6 Å². The molecule has 0 unspecified atom stereocenters. The predicted molar refractivity (Wildman–Crippen MR) is 125 cm³/mol. The summed E-state index contributed by atoms with van der Waals surface area (Å²) in [6.45, 7) is 3.72. The molecule has 5 rings (SSSR count). The molecule has 0 fully saturated rings. The fraction of sp³-hybridized carbons (Fsp3) is 0.148. The molecular weight excluding hydrogens is 384 g/mol. The van der Waals surface area contributed by atoms with Crippen LogP contribution >= 0.6 is 0 Å². The third-order valence-corrected chi connectivity index (χ3v) is 5.49. The number of benzene rings is 4. The lowest BCUT2D eigenvalue weighted by atomic mass is 10.1. The van der Waals surface area contributed by atoms with Crippen molar-refractivity contribution in [2.75, 3.05) is 6.61 Å². The third-order valence-electron chi connectivity index (χ3n) is 5.49. The lowest BCUT2D eigenvalue weighted by Crippen LogP contribution is -2.13. The van der Waals surface area contributed by atoms with Crippen LogP contribution in [0.15, 0.2) is 91.0 Å². The van der Waals surface area contributed by atoms with Gasteiger partial charge in [0.1, 0.15) is 30.5 Å². The quantitative estimate of drug-likeness (QED) is 0.324. The molecule has 0 spiro atoms. The zero-order valence-electron chi connectivity index (χ0n) is 17.5. The number of imidazole rings is 1. The van der Waals surface area contributed by atoms with Gasteiger partial charge in [0.05, 0.1) is 17.6 Å². The van der Waals surface area contributed by atoms with Gasteiger partial charge < -0.3 is 14.0 Å². The van der Waals surface area contributed by atoms with E-state index in [0.29, 0.717) is 19.8 Å². The molecule has 0 radical (unpaired) electrons. The molecule has 0 aliphatic heterocycles. The average Bonchev–Trinajstić information content (AvgIpc) is 3.16. The second-order valence-corrected chi connectivity index (χ2v) is 7.58. The van der Waals surface area contributed by atoms with E-state index in [-0.39, 0.29) is 0 Å². The summed E-state index contributed by atoms with van der Waals surface area (Å²) >= 11 is 0. The van der Waals surface area contributed by atoms with E-state index in [0.717, 1.165) is 33.9 Å². The Morgan fingerprint density at radius 1 is 0.774 bits per heavy atom. The van der Waals surface area contributed by atoms with Gasteiger partial charge in [-0.25, -0.2) is 4.98 Å². The van der Waals surface area contributed by atoms with E-state index in [4.69, 9.17) is 14.5 Å². The Kier molecular flexibility index (Phi) is 5.28. The Balaban J connectivity index is 1.35. The molecule has 1 aromatic heterocycles. The molecule has 0 atom stereocenters. The highest BCUT2D eigenvalue weighted by molar-refractivity contribution is 5.83. The second kappa shape index (κ2) is 8.52. The number of rotatable bonds is 7. The van der Waals surface area contributed by atoms with Crippen molar-refractivity contribution in [1.29, 1.82) is 0 Å². The van der Waals surface area contributed by atoms with Crippen molar-refractivity contribution in [3.63, 3.8) is 0 Å². The van der Waals surface area contributed by atoms with E-state index < -0.39 is 0 Å². The maximum atomic E-state index is 6.13. The van der Waals surface area contributed by atoms with Gasteiger partial charge in [0.15, 0.2) is 0 Å².